The Morgan fingerprint density at radius 2 is 1.27 bits per heavy atom. The minimum Gasteiger partial charge on any atom is -0.508 e. The van der Waals surface area contributed by atoms with E-state index < -0.39 is 0 Å². The summed E-state index contributed by atoms with van der Waals surface area (Å²) in [5, 5.41) is 18.9. The Kier molecular flexibility index (Phi) is 3.58. The summed E-state index contributed by atoms with van der Waals surface area (Å²) < 4.78 is 0. The number of hydrogen-bond acceptors (Lipinski definition) is 3. The molecule has 0 saturated carbocycles. The van der Waals surface area contributed by atoms with E-state index in [2.05, 4.69) is 4.99 Å². The standard InChI is InChI=1S/C18H13NO3/c20-15-6-1-12(2-7-15)18(13-3-8-16(21)9-4-13)14-5-10-17(22)19-11-14/h1-11,20-21H. The molecule has 0 radical (unpaired) electrons. The molecule has 0 aliphatic carbocycles. The summed E-state index contributed by atoms with van der Waals surface area (Å²) in [5.41, 5.74) is 3.41. The lowest BCUT2D eigenvalue weighted by Gasteiger charge is -2.13. The Morgan fingerprint density at radius 1 is 0.773 bits per heavy atom. The Balaban J connectivity index is 2.18. The second-order valence-corrected chi connectivity index (χ2v) is 4.85. The molecule has 0 unspecified atom stereocenters. The minimum atomic E-state index is -0.292. The number of phenolic OH excluding ortho intramolecular Hbond substituents is 2. The van der Waals surface area contributed by atoms with Crippen molar-refractivity contribution in [2.75, 3.05) is 0 Å². The third kappa shape index (κ3) is 2.81. The van der Waals surface area contributed by atoms with Crippen molar-refractivity contribution in [1.29, 1.82) is 0 Å². The van der Waals surface area contributed by atoms with Gasteiger partial charge in [0, 0.05) is 17.9 Å². The van der Waals surface area contributed by atoms with Gasteiger partial charge in [-0.15, -0.1) is 0 Å². The maximum atomic E-state index is 11.2. The number of hydrogen-bond donors (Lipinski definition) is 2. The number of aliphatic imine (C=N–C) groups is 1. The van der Waals surface area contributed by atoms with Gasteiger partial charge in [0.15, 0.2) is 0 Å². The van der Waals surface area contributed by atoms with Crippen molar-refractivity contribution < 1.29 is 15.0 Å². The Hall–Kier alpha value is -3.14. The van der Waals surface area contributed by atoms with E-state index in [0.717, 1.165) is 22.3 Å². The van der Waals surface area contributed by atoms with Gasteiger partial charge in [0.05, 0.1) is 0 Å². The fourth-order valence-corrected chi connectivity index (χ4v) is 2.28. The third-order valence-corrected chi connectivity index (χ3v) is 3.34. The molecule has 4 heteroatoms. The van der Waals surface area contributed by atoms with Crippen molar-refractivity contribution in [3.8, 4) is 11.5 Å². The quantitative estimate of drug-likeness (QED) is 0.893. The maximum absolute atomic E-state index is 11.2. The van der Waals surface area contributed by atoms with E-state index in [1.165, 1.54) is 12.3 Å². The second-order valence-electron chi connectivity index (χ2n) is 4.85. The van der Waals surface area contributed by atoms with Crippen LogP contribution in [0.25, 0.3) is 5.57 Å². The van der Waals surface area contributed by atoms with Crippen LogP contribution in [0.5, 0.6) is 11.5 Å². The molecule has 4 nitrogen and oxygen atoms in total. The van der Waals surface area contributed by atoms with Gasteiger partial charge in [0.2, 0.25) is 0 Å². The molecular weight excluding hydrogens is 278 g/mol. The number of phenols is 2. The van der Waals surface area contributed by atoms with Crippen molar-refractivity contribution >= 4 is 17.7 Å². The molecule has 0 spiro atoms. The molecule has 22 heavy (non-hydrogen) atoms. The Morgan fingerprint density at radius 3 is 1.68 bits per heavy atom. The third-order valence-electron chi connectivity index (χ3n) is 3.34. The molecule has 3 rings (SSSR count). The lowest BCUT2D eigenvalue weighted by atomic mass is 9.92. The second kappa shape index (κ2) is 5.69. The van der Waals surface area contributed by atoms with Crippen LogP contribution in [0.15, 0.2) is 71.2 Å². The van der Waals surface area contributed by atoms with Crippen molar-refractivity contribution in [3.05, 3.63) is 77.4 Å². The number of allylic oxidation sites excluding steroid dienone is 2. The number of rotatable bonds is 2. The normalized spacial score (nSPS) is 13.5. The summed E-state index contributed by atoms with van der Waals surface area (Å²) in [6.45, 7) is 0. The summed E-state index contributed by atoms with van der Waals surface area (Å²) in [7, 11) is 0. The number of carbonyl (C=O) groups excluding carboxylic acids is 1. The maximum Gasteiger partial charge on any atom is 0.269 e. The molecule has 1 aliphatic heterocycles. The predicted octanol–water partition coefficient (Wildman–Crippen LogP) is 3.07. The van der Waals surface area contributed by atoms with Gasteiger partial charge in [-0.1, -0.05) is 24.3 Å². The molecule has 0 aromatic heterocycles. The highest BCUT2D eigenvalue weighted by Gasteiger charge is 2.12. The monoisotopic (exact) mass is 291 g/mol. The van der Waals surface area contributed by atoms with Crippen LogP contribution >= 0.6 is 0 Å². The molecule has 0 saturated heterocycles. The van der Waals surface area contributed by atoms with Gasteiger partial charge in [-0.05, 0) is 47.0 Å². The highest BCUT2D eigenvalue weighted by molar-refractivity contribution is 6.08. The smallest absolute Gasteiger partial charge is 0.269 e. The average molecular weight is 291 g/mol. The first kappa shape index (κ1) is 13.8. The van der Waals surface area contributed by atoms with Gasteiger partial charge in [0.1, 0.15) is 11.5 Å². The zero-order valence-corrected chi connectivity index (χ0v) is 11.6. The Labute approximate surface area is 127 Å². The van der Waals surface area contributed by atoms with Crippen LogP contribution in [0, 0.1) is 0 Å². The molecule has 2 aromatic rings. The van der Waals surface area contributed by atoms with Crippen LogP contribution in [-0.4, -0.2) is 22.3 Å². The lowest BCUT2D eigenvalue weighted by Crippen LogP contribution is -2.01. The highest BCUT2D eigenvalue weighted by Crippen LogP contribution is 2.30. The van der Waals surface area contributed by atoms with E-state index in [4.69, 9.17) is 0 Å². The van der Waals surface area contributed by atoms with E-state index in [1.54, 1.807) is 54.6 Å². The minimum absolute atomic E-state index is 0.182. The summed E-state index contributed by atoms with van der Waals surface area (Å²) in [4.78, 5) is 15.0. The summed E-state index contributed by atoms with van der Waals surface area (Å²) in [6.07, 6.45) is 4.65. The van der Waals surface area contributed by atoms with Crippen LogP contribution in [0.4, 0.5) is 0 Å². The van der Waals surface area contributed by atoms with Crippen LogP contribution in [0.1, 0.15) is 11.1 Å². The van der Waals surface area contributed by atoms with Gasteiger partial charge in [-0.2, -0.15) is 0 Å². The first-order valence-electron chi connectivity index (χ1n) is 6.73. The van der Waals surface area contributed by atoms with E-state index in [0.29, 0.717) is 0 Å². The molecule has 0 fully saturated rings. The number of nitrogens with zero attached hydrogens (tertiary/aromatic N) is 1. The fourth-order valence-electron chi connectivity index (χ4n) is 2.28. The molecule has 0 bridgehead atoms. The topological polar surface area (TPSA) is 69.9 Å². The summed E-state index contributed by atoms with van der Waals surface area (Å²) >= 11 is 0. The van der Waals surface area contributed by atoms with Crippen molar-refractivity contribution in [2.45, 2.75) is 0 Å². The molecule has 1 heterocycles. The predicted molar refractivity (Wildman–Crippen MR) is 84.9 cm³/mol. The van der Waals surface area contributed by atoms with Crippen LogP contribution < -0.4 is 0 Å². The first-order chi connectivity index (χ1) is 10.6. The molecule has 0 atom stereocenters. The van der Waals surface area contributed by atoms with E-state index in [1.807, 2.05) is 0 Å². The van der Waals surface area contributed by atoms with Crippen molar-refractivity contribution in [3.63, 3.8) is 0 Å². The molecular formula is C18H13NO3. The summed E-state index contributed by atoms with van der Waals surface area (Å²) in [5.74, 6) is 0.0724. The summed E-state index contributed by atoms with van der Waals surface area (Å²) in [6, 6.07) is 13.6. The average Bonchev–Trinajstić information content (AvgIpc) is 2.53. The number of carbonyl (C=O) groups is 1. The number of benzene rings is 2. The fraction of sp³-hybridized carbons (Fsp3) is 0. The van der Waals surface area contributed by atoms with Crippen LogP contribution in [-0.2, 0) is 4.79 Å². The Bertz CT molecular complexity index is 732. The first-order valence-corrected chi connectivity index (χ1v) is 6.73. The molecule has 108 valence electrons. The van der Waals surface area contributed by atoms with Crippen molar-refractivity contribution in [1.82, 2.24) is 0 Å². The number of aromatic hydroxyl groups is 2. The zero-order valence-electron chi connectivity index (χ0n) is 11.6. The molecule has 2 N–H and O–H groups in total. The van der Waals surface area contributed by atoms with Crippen LogP contribution in [0.2, 0.25) is 0 Å². The number of dihydropyridines is 1. The van der Waals surface area contributed by atoms with Gasteiger partial charge in [-0.3, -0.25) is 4.79 Å². The SMILES string of the molecule is O=C1C=CC(=C(c2ccc(O)cc2)c2ccc(O)cc2)C=N1. The van der Waals surface area contributed by atoms with Gasteiger partial charge < -0.3 is 10.2 Å². The molecule has 1 aliphatic rings. The van der Waals surface area contributed by atoms with Crippen LogP contribution in [0.3, 0.4) is 0 Å². The zero-order chi connectivity index (χ0) is 15.5. The number of amides is 1. The van der Waals surface area contributed by atoms with Gasteiger partial charge in [0.25, 0.3) is 5.91 Å². The van der Waals surface area contributed by atoms with E-state index in [9.17, 15) is 15.0 Å². The van der Waals surface area contributed by atoms with E-state index in [-0.39, 0.29) is 17.4 Å². The highest BCUT2D eigenvalue weighted by atomic mass is 16.3. The molecule has 2 aromatic carbocycles. The molecule has 1 amide bonds. The van der Waals surface area contributed by atoms with E-state index >= 15 is 0 Å². The van der Waals surface area contributed by atoms with Gasteiger partial charge in [-0.25, -0.2) is 4.99 Å². The van der Waals surface area contributed by atoms with Crippen molar-refractivity contribution in [2.24, 2.45) is 4.99 Å². The van der Waals surface area contributed by atoms with Gasteiger partial charge >= 0.3 is 0 Å². The lowest BCUT2D eigenvalue weighted by molar-refractivity contribution is -0.113. The largest absolute Gasteiger partial charge is 0.508 e.